The minimum absolute atomic E-state index is 0.0737. The molecular formula is C14H21N5O2S. The summed E-state index contributed by atoms with van der Waals surface area (Å²) in [6.07, 6.45) is 3.25. The number of nitrogens with zero attached hydrogens (tertiary/aromatic N) is 4. The van der Waals surface area contributed by atoms with Crippen molar-refractivity contribution in [3.63, 3.8) is 0 Å². The molecule has 0 aliphatic carbocycles. The molecular weight excluding hydrogens is 302 g/mol. The molecule has 1 atom stereocenters. The Balaban J connectivity index is 1.98. The van der Waals surface area contributed by atoms with E-state index < -0.39 is 0 Å². The predicted molar refractivity (Wildman–Crippen MR) is 83.4 cm³/mol. The summed E-state index contributed by atoms with van der Waals surface area (Å²) in [4.78, 5) is 22.6. The molecule has 0 saturated heterocycles. The molecule has 2 aromatic rings. The molecule has 2 amide bonds. The Morgan fingerprint density at radius 1 is 1.45 bits per heavy atom. The summed E-state index contributed by atoms with van der Waals surface area (Å²) in [5.74, 6) is 1.11. The molecule has 0 saturated carbocycles. The minimum Gasteiger partial charge on any atom is -0.337 e. The van der Waals surface area contributed by atoms with Crippen LogP contribution in [-0.2, 0) is 13.0 Å². The van der Waals surface area contributed by atoms with E-state index >= 15 is 0 Å². The van der Waals surface area contributed by atoms with E-state index in [4.69, 9.17) is 4.52 Å². The molecule has 0 bridgehead atoms. The fraction of sp³-hybridized carbons (Fsp3) is 0.571. The summed E-state index contributed by atoms with van der Waals surface area (Å²) in [5, 5.41) is 9.68. The van der Waals surface area contributed by atoms with Crippen LogP contribution in [0.2, 0.25) is 0 Å². The minimum atomic E-state index is -0.152. The maximum Gasteiger partial charge on any atom is 0.318 e. The Hall–Kier alpha value is -1.96. The van der Waals surface area contributed by atoms with E-state index in [1.54, 1.807) is 22.4 Å². The molecule has 2 rings (SSSR count). The van der Waals surface area contributed by atoms with Crippen LogP contribution in [0.4, 0.5) is 4.79 Å². The number of hydrogen-bond donors (Lipinski definition) is 1. The van der Waals surface area contributed by atoms with Gasteiger partial charge in [-0.05, 0) is 13.3 Å². The van der Waals surface area contributed by atoms with E-state index in [-0.39, 0.29) is 12.1 Å². The number of aryl methyl sites for hydroxylation is 1. The number of aromatic nitrogens is 3. The summed E-state index contributed by atoms with van der Waals surface area (Å²) < 4.78 is 5.15. The number of hydrogen-bond acceptors (Lipinski definition) is 6. The van der Waals surface area contributed by atoms with Crippen LogP contribution >= 0.6 is 11.3 Å². The van der Waals surface area contributed by atoms with Gasteiger partial charge < -0.3 is 14.7 Å². The first kappa shape index (κ1) is 16.4. The fourth-order valence-electron chi connectivity index (χ4n) is 1.97. The van der Waals surface area contributed by atoms with Crippen molar-refractivity contribution >= 4 is 17.4 Å². The van der Waals surface area contributed by atoms with Gasteiger partial charge in [0.25, 0.3) is 0 Å². The third kappa shape index (κ3) is 4.03. The van der Waals surface area contributed by atoms with Gasteiger partial charge in [-0.15, -0.1) is 11.3 Å². The number of carbonyl (C=O) groups excluding carboxylic acids is 1. The van der Waals surface area contributed by atoms with E-state index in [1.165, 1.54) is 0 Å². The van der Waals surface area contributed by atoms with Crippen LogP contribution < -0.4 is 5.32 Å². The molecule has 0 spiro atoms. The van der Waals surface area contributed by atoms with E-state index in [0.717, 1.165) is 11.4 Å². The van der Waals surface area contributed by atoms with Gasteiger partial charge in [-0.2, -0.15) is 4.98 Å². The van der Waals surface area contributed by atoms with Gasteiger partial charge in [0.2, 0.25) is 5.89 Å². The van der Waals surface area contributed by atoms with Crippen LogP contribution in [-0.4, -0.2) is 32.6 Å². The number of thiazole rings is 1. The lowest BCUT2D eigenvalue weighted by atomic mass is 10.2. The summed E-state index contributed by atoms with van der Waals surface area (Å²) in [6, 6.07) is -0.226. The Kier molecular flexibility index (Phi) is 5.88. The molecule has 120 valence electrons. The summed E-state index contributed by atoms with van der Waals surface area (Å²) in [6.45, 7) is 6.77. The lowest BCUT2D eigenvalue weighted by molar-refractivity contribution is 0.185. The van der Waals surface area contributed by atoms with Crippen LogP contribution in [0, 0.1) is 0 Å². The van der Waals surface area contributed by atoms with Gasteiger partial charge in [-0.25, -0.2) is 9.78 Å². The van der Waals surface area contributed by atoms with E-state index in [9.17, 15) is 4.79 Å². The number of urea groups is 1. The molecule has 2 heterocycles. The standard InChI is InChI=1S/C14H21N5O2S/c1-4-10(13-15-7-8-22-13)16-14(20)19(6-3)9-12-17-11(5-2)18-21-12/h7-8,10H,4-6,9H2,1-3H3,(H,16,20)/t10-/m0/s1. The van der Waals surface area contributed by atoms with Crippen LogP contribution in [0.25, 0.3) is 0 Å². The second-order valence-corrected chi connectivity index (χ2v) is 5.68. The monoisotopic (exact) mass is 323 g/mol. The maximum absolute atomic E-state index is 12.4. The lowest BCUT2D eigenvalue weighted by Crippen LogP contribution is -2.41. The zero-order valence-corrected chi connectivity index (χ0v) is 13.9. The summed E-state index contributed by atoms with van der Waals surface area (Å²) in [5.41, 5.74) is 0. The van der Waals surface area contributed by atoms with E-state index in [1.807, 2.05) is 26.2 Å². The average Bonchev–Trinajstić information content (AvgIpc) is 3.21. The van der Waals surface area contributed by atoms with E-state index in [0.29, 0.717) is 31.2 Å². The first-order valence-electron chi connectivity index (χ1n) is 7.44. The third-order valence-corrected chi connectivity index (χ3v) is 4.17. The highest BCUT2D eigenvalue weighted by Crippen LogP contribution is 2.19. The molecule has 0 fully saturated rings. The Morgan fingerprint density at radius 2 is 2.27 bits per heavy atom. The van der Waals surface area contributed by atoms with Crippen molar-refractivity contribution in [2.45, 2.75) is 46.2 Å². The van der Waals surface area contributed by atoms with Crippen LogP contribution in [0.1, 0.15) is 50.0 Å². The summed E-state index contributed by atoms with van der Waals surface area (Å²) in [7, 11) is 0. The first-order chi connectivity index (χ1) is 10.7. The van der Waals surface area contributed by atoms with Crippen LogP contribution in [0.5, 0.6) is 0 Å². The molecule has 0 aromatic carbocycles. The van der Waals surface area contributed by atoms with Gasteiger partial charge in [-0.1, -0.05) is 19.0 Å². The largest absolute Gasteiger partial charge is 0.337 e. The van der Waals surface area contributed by atoms with Crippen molar-refractivity contribution in [3.05, 3.63) is 28.3 Å². The lowest BCUT2D eigenvalue weighted by Gasteiger charge is -2.23. The zero-order chi connectivity index (χ0) is 15.9. The molecule has 0 aliphatic rings. The third-order valence-electron chi connectivity index (χ3n) is 3.28. The predicted octanol–water partition coefficient (Wildman–Crippen LogP) is 2.77. The average molecular weight is 323 g/mol. The Morgan fingerprint density at radius 3 is 2.82 bits per heavy atom. The van der Waals surface area contributed by atoms with Gasteiger partial charge in [0, 0.05) is 24.5 Å². The number of rotatable bonds is 7. The molecule has 7 nitrogen and oxygen atoms in total. The second kappa shape index (κ2) is 7.88. The van der Waals surface area contributed by atoms with Gasteiger partial charge in [0.15, 0.2) is 5.82 Å². The van der Waals surface area contributed by atoms with Gasteiger partial charge in [0.1, 0.15) is 11.6 Å². The quantitative estimate of drug-likeness (QED) is 0.847. The molecule has 2 aromatic heterocycles. The van der Waals surface area contributed by atoms with Crippen molar-refractivity contribution < 1.29 is 9.32 Å². The van der Waals surface area contributed by atoms with Crippen molar-refractivity contribution in [3.8, 4) is 0 Å². The molecule has 8 heteroatoms. The molecule has 1 N–H and O–H groups in total. The van der Waals surface area contributed by atoms with Gasteiger partial charge in [-0.3, -0.25) is 0 Å². The Labute approximate surface area is 133 Å². The smallest absolute Gasteiger partial charge is 0.318 e. The molecule has 22 heavy (non-hydrogen) atoms. The molecule has 0 aliphatic heterocycles. The summed E-state index contributed by atoms with van der Waals surface area (Å²) >= 11 is 1.54. The first-order valence-corrected chi connectivity index (χ1v) is 8.32. The fourth-order valence-corrected chi connectivity index (χ4v) is 2.75. The van der Waals surface area contributed by atoms with Crippen molar-refractivity contribution in [1.82, 2.24) is 25.3 Å². The maximum atomic E-state index is 12.4. The number of nitrogens with one attached hydrogen (secondary N) is 1. The van der Waals surface area contributed by atoms with Crippen molar-refractivity contribution in [1.29, 1.82) is 0 Å². The normalized spacial score (nSPS) is 12.1. The molecule has 0 unspecified atom stereocenters. The number of carbonyl (C=O) groups is 1. The highest BCUT2D eigenvalue weighted by Gasteiger charge is 2.20. The highest BCUT2D eigenvalue weighted by molar-refractivity contribution is 7.09. The van der Waals surface area contributed by atoms with Crippen molar-refractivity contribution in [2.75, 3.05) is 6.54 Å². The SMILES string of the molecule is CCc1noc(CN(CC)C(=O)N[C@@H](CC)c2nccs2)n1. The van der Waals surface area contributed by atoms with Crippen LogP contribution in [0.3, 0.4) is 0 Å². The highest BCUT2D eigenvalue weighted by atomic mass is 32.1. The second-order valence-electron chi connectivity index (χ2n) is 4.75. The van der Waals surface area contributed by atoms with Gasteiger partial charge >= 0.3 is 6.03 Å². The van der Waals surface area contributed by atoms with Crippen LogP contribution in [0.15, 0.2) is 16.1 Å². The van der Waals surface area contributed by atoms with Gasteiger partial charge in [0.05, 0.1) is 6.04 Å². The molecule has 0 radical (unpaired) electrons. The number of amides is 2. The van der Waals surface area contributed by atoms with E-state index in [2.05, 4.69) is 20.4 Å². The Bertz CT molecular complexity index is 584. The zero-order valence-electron chi connectivity index (χ0n) is 13.1. The topological polar surface area (TPSA) is 84.2 Å². The van der Waals surface area contributed by atoms with Crippen molar-refractivity contribution in [2.24, 2.45) is 0 Å².